The third-order valence-electron chi connectivity index (χ3n) is 2.17. The van der Waals surface area contributed by atoms with Gasteiger partial charge < -0.3 is 19.8 Å². The van der Waals surface area contributed by atoms with Crippen LogP contribution in [0.4, 0.5) is 5.82 Å². The number of nitrogen functional groups attached to an aromatic ring is 1. The summed E-state index contributed by atoms with van der Waals surface area (Å²) >= 11 is 0. The number of esters is 1. The molecule has 0 radical (unpaired) electrons. The molecular formula is C12H19N3O3. The lowest BCUT2D eigenvalue weighted by molar-refractivity contribution is 0.0521. The summed E-state index contributed by atoms with van der Waals surface area (Å²) in [6.45, 7) is 9.19. The highest BCUT2D eigenvalue weighted by atomic mass is 16.5. The number of rotatable bonds is 7. The first-order valence-electron chi connectivity index (χ1n) is 5.76. The lowest BCUT2D eigenvalue weighted by Crippen LogP contribution is -2.12. The topological polar surface area (TPSA) is 79.4 Å². The zero-order chi connectivity index (χ0) is 13.5. The second-order valence-electron chi connectivity index (χ2n) is 3.90. The van der Waals surface area contributed by atoms with Crippen LogP contribution in [0.1, 0.15) is 24.3 Å². The molecule has 1 heterocycles. The van der Waals surface area contributed by atoms with Gasteiger partial charge in [-0.25, -0.2) is 9.78 Å². The number of hydrogen-bond acceptors (Lipinski definition) is 5. The van der Waals surface area contributed by atoms with Gasteiger partial charge in [-0.1, -0.05) is 12.2 Å². The quantitative estimate of drug-likeness (QED) is 0.449. The van der Waals surface area contributed by atoms with Crippen molar-refractivity contribution in [2.45, 2.75) is 20.4 Å². The van der Waals surface area contributed by atoms with Gasteiger partial charge in [0.1, 0.15) is 5.82 Å². The van der Waals surface area contributed by atoms with Crippen molar-refractivity contribution in [3.05, 3.63) is 24.2 Å². The molecule has 0 amide bonds. The van der Waals surface area contributed by atoms with E-state index in [1.54, 1.807) is 11.5 Å². The maximum absolute atomic E-state index is 11.5. The van der Waals surface area contributed by atoms with Crippen LogP contribution in [-0.4, -0.2) is 35.3 Å². The summed E-state index contributed by atoms with van der Waals surface area (Å²) < 4.78 is 11.9. The highest BCUT2D eigenvalue weighted by Crippen LogP contribution is 2.11. The molecule has 0 unspecified atom stereocenters. The van der Waals surface area contributed by atoms with Crippen LogP contribution >= 0.6 is 0 Å². The van der Waals surface area contributed by atoms with E-state index in [2.05, 4.69) is 11.6 Å². The molecule has 0 aromatic carbocycles. The van der Waals surface area contributed by atoms with E-state index in [0.717, 1.165) is 5.57 Å². The van der Waals surface area contributed by atoms with Gasteiger partial charge in [-0.2, -0.15) is 0 Å². The van der Waals surface area contributed by atoms with Crippen LogP contribution in [0.5, 0.6) is 0 Å². The third-order valence-corrected chi connectivity index (χ3v) is 2.17. The number of nitrogens with two attached hydrogens (primary N) is 1. The van der Waals surface area contributed by atoms with Crippen LogP contribution in [0.25, 0.3) is 0 Å². The normalized spacial score (nSPS) is 10.3. The molecule has 0 fully saturated rings. The summed E-state index contributed by atoms with van der Waals surface area (Å²) in [7, 11) is 0. The number of anilines is 1. The average molecular weight is 253 g/mol. The first-order chi connectivity index (χ1) is 8.56. The van der Waals surface area contributed by atoms with Gasteiger partial charge in [0.25, 0.3) is 0 Å². The first-order valence-corrected chi connectivity index (χ1v) is 5.76. The number of carbonyl (C=O) groups is 1. The fourth-order valence-corrected chi connectivity index (χ4v) is 1.34. The molecule has 1 aromatic heterocycles. The predicted octanol–water partition coefficient (Wildman–Crippen LogP) is 1.23. The van der Waals surface area contributed by atoms with Crippen molar-refractivity contribution in [2.24, 2.45) is 0 Å². The Kier molecular flexibility index (Phi) is 5.38. The second-order valence-corrected chi connectivity index (χ2v) is 3.90. The minimum atomic E-state index is -0.503. The summed E-state index contributed by atoms with van der Waals surface area (Å²) in [5, 5.41) is 0. The van der Waals surface area contributed by atoms with Crippen LogP contribution in [-0.2, 0) is 16.0 Å². The first kappa shape index (κ1) is 14.2. The largest absolute Gasteiger partial charge is 0.461 e. The van der Waals surface area contributed by atoms with Crippen molar-refractivity contribution in [3.8, 4) is 0 Å². The highest BCUT2D eigenvalue weighted by molar-refractivity contribution is 5.92. The summed E-state index contributed by atoms with van der Waals surface area (Å²) in [6, 6.07) is 0. The van der Waals surface area contributed by atoms with Crippen LogP contribution in [0.15, 0.2) is 18.5 Å². The van der Waals surface area contributed by atoms with Gasteiger partial charge in [-0.3, -0.25) is 0 Å². The number of ether oxygens (including phenoxy) is 2. The summed E-state index contributed by atoms with van der Waals surface area (Å²) in [4.78, 5) is 15.4. The summed E-state index contributed by atoms with van der Waals surface area (Å²) in [6.07, 6.45) is 1.51. The highest BCUT2D eigenvalue weighted by Gasteiger charge is 2.16. The molecule has 6 nitrogen and oxygen atoms in total. The second kappa shape index (κ2) is 6.80. The van der Waals surface area contributed by atoms with Crippen LogP contribution < -0.4 is 5.73 Å². The Hall–Kier alpha value is -1.82. The third kappa shape index (κ3) is 3.89. The van der Waals surface area contributed by atoms with Gasteiger partial charge in [0, 0.05) is 6.54 Å². The number of carbonyl (C=O) groups excluding carboxylic acids is 1. The fourth-order valence-electron chi connectivity index (χ4n) is 1.34. The van der Waals surface area contributed by atoms with Crippen molar-refractivity contribution in [2.75, 3.05) is 25.6 Å². The molecule has 0 spiro atoms. The SMILES string of the molecule is C=C(C)COCCn1cnc(C(=O)OCC)c1N. The van der Waals surface area contributed by atoms with Gasteiger partial charge in [-0.05, 0) is 13.8 Å². The monoisotopic (exact) mass is 253 g/mol. The van der Waals surface area contributed by atoms with Gasteiger partial charge in [0.05, 0.1) is 26.1 Å². The van der Waals surface area contributed by atoms with E-state index >= 15 is 0 Å². The Morgan fingerprint density at radius 1 is 1.61 bits per heavy atom. The maximum Gasteiger partial charge on any atom is 0.360 e. The minimum Gasteiger partial charge on any atom is -0.461 e. The molecule has 0 saturated carbocycles. The lowest BCUT2D eigenvalue weighted by atomic mass is 10.4. The molecule has 100 valence electrons. The van der Waals surface area contributed by atoms with Crippen molar-refractivity contribution in [3.63, 3.8) is 0 Å². The number of hydrogen-bond donors (Lipinski definition) is 1. The number of nitrogens with zero attached hydrogens (tertiary/aromatic N) is 2. The zero-order valence-electron chi connectivity index (χ0n) is 10.8. The van der Waals surface area contributed by atoms with Crippen molar-refractivity contribution < 1.29 is 14.3 Å². The van der Waals surface area contributed by atoms with Crippen molar-refractivity contribution >= 4 is 11.8 Å². The standard InChI is InChI=1S/C12H19N3O3/c1-4-18-12(16)10-11(13)15(8-14-10)5-6-17-7-9(2)3/h8H,2,4-7,13H2,1,3H3. The number of imidazole rings is 1. The van der Waals surface area contributed by atoms with Gasteiger partial charge >= 0.3 is 5.97 Å². The predicted molar refractivity (Wildman–Crippen MR) is 68.2 cm³/mol. The van der Waals surface area contributed by atoms with E-state index in [9.17, 15) is 4.79 Å². The molecule has 0 aliphatic heterocycles. The molecule has 0 atom stereocenters. The Labute approximate surface area is 106 Å². The van der Waals surface area contributed by atoms with Gasteiger partial charge in [-0.15, -0.1) is 0 Å². The van der Waals surface area contributed by atoms with E-state index in [4.69, 9.17) is 15.2 Å². The smallest absolute Gasteiger partial charge is 0.360 e. The van der Waals surface area contributed by atoms with Gasteiger partial charge in [0.15, 0.2) is 5.69 Å². The molecule has 0 aliphatic rings. The van der Waals surface area contributed by atoms with Crippen LogP contribution in [0.3, 0.4) is 0 Å². The number of aromatic nitrogens is 2. The van der Waals surface area contributed by atoms with E-state index in [1.807, 2.05) is 6.92 Å². The Balaban J connectivity index is 2.52. The Morgan fingerprint density at radius 2 is 2.33 bits per heavy atom. The summed E-state index contributed by atoms with van der Waals surface area (Å²) in [5.41, 5.74) is 6.91. The molecule has 0 aliphatic carbocycles. The average Bonchev–Trinajstić information content (AvgIpc) is 2.66. The molecule has 1 rings (SSSR count). The molecular weight excluding hydrogens is 234 g/mol. The van der Waals surface area contributed by atoms with Crippen LogP contribution in [0.2, 0.25) is 0 Å². The van der Waals surface area contributed by atoms with E-state index in [-0.39, 0.29) is 5.69 Å². The maximum atomic E-state index is 11.5. The fraction of sp³-hybridized carbons (Fsp3) is 0.500. The van der Waals surface area contributed by atoms with E-state index < -0.39 is 5.97 Å². The molecule has 6 heteroatoms. The zero-order valence-corrected chi connectivity index (χ0v) is 10.8. The van der Waals surface area contributed by atoms with Gasteiger partial charge in [0.2, 0.25) is 0 Å². The molecule has 2 N–H and O–H groups in total. The van der Waals surface area contributed by atoms with Crippen molar-refractivity contribution in [1.29, 1.82) is 0 Å². The Bertz CT molecular complexity index is 426. The Morgan fingerprint density at radius 3 is 2.94 bits per heavy atom. The van der Waals surface area contributed by atoms with E-state index in [1.165, 1.54) is 6.33 Å². The van der Waals surface area contributed by atoms with E-state index in [0.29, 0.717) is 32.2 Å². The molecule has 1 aromatic rings. The molecule has 0 bridgehead atoms. The lowest BCUT2D eigenvalue weighted by Gasteiger charge is -2.06. The summed E-state index contributed by atoms with van der Waals surface area (Å²) in [5.74, 6) is -0.205. The van der Waals surface area contributed by atoms with Crippen molar-refractivity contribution in [1.82, 2.24) is 9.55 Å². The molecule has 0 saturated heterocycles. The minimum absolute atomic E-state index is 0.150. The van der Waals surface area contributed by atoms with Crippen LogP contribution in [0, 0.1) is 0 Å². The molecule has 18 heavy (non-hydrogen) atoms.